The third-order valence-corrected chi connectivity index (χ3v) is 2.57. The van der Waals surface area contributed by atoms with Gasteiger partial charge in [-0.05, 0) is 30.7 Å². The number of methoxy groups -OCH3 is 1. The summed E-state index contributed by atoms with van der Waals surface area (Å²) in [6.07, 6.45) is 0. The molecule has 0 aliphatic carbocycles. The molecule has 0 bridgehead atoms. The zero-order valence-electron chi connectivity index (χ0n) is 9.40. The summed E-state index contributed by atoms with van der Waals surface area (Å²) in [5.74, 6) is 1.01. The number of rotatable bonds is 2. The van der Waals surface area contributed by atoms with Crippen LogP contribution in [0.15, 0.2) is 42.5 Å². The molecular weight excluding hydrogens is 200 g/mol. The van der Waals surface area contributed by atoms with E-state index in [1.807, 2.05) is 37.3 Å². The fourth-order valence-electron chi connectivity index (χ4n) is 1.61. The summed E-state index contributed by atoms with van der Waals surface area (Å²) in [5, 5.41) is 9.80. The minimum atomic E-state index is 0.268. The Morgan fingerprint density at radius 3 is 2.31 bits per heavy atom. The minimum Gasteiger partial charge on any atom is -0.507 e. The lowest BCUT2D eigenvalue weighted by molar-refractivity contribution is 0.412. The van der Waals surface area contributed by atoms with Gasteiger partial charge in [0.15, 0.2) is 0 Å². The number of aryl methyl sites for hydroxylation is 1. The van der Waals surface area contributed by atoms with Gasteiger partial charge in [-0.2, -0.15) is 0 Å². The molecule has 0 aromatic heterocycles. The van der Waals surface area contributed by atoms with Crippen LogP contribution in [-0.2, 0) is 0 Å². The number of benzene rings is 2. The molecule has 0 saturated heterocycles. The van der Waals surface area contributed by atoms with Crippen molar-refractivity contribution in [3.8, 4) is 22.6 Å². The molecule has 0 unspecified atom stereocenters. The highest BCUT2D eigenvalue weighted by Crippen LogP contribution is 2.32. The third kappa shape index (κ3) is 2.01. The van der Waals surface area contributed by atoms with Crippen LogP contribution in [0, 0.1) is 6.92 Å². The van der Waals surface area contributed by atoms with E-state index in [2.05, 4.69) is 0 Å². The predicted molar refractivity (Wildman–Crippen MR) is 64.8 cm³/mol. The summed E-state index contributed by atoms with van der Waals surface area (Å²) in [6, 6.07) is 13.2. The molecule has 2 aromatic carbocycles. The highest BCUT2D eigenvalue weighted by Gasteiger charge is 2.05. The van der Waals surface area contributed by atoms with E-state index in [9.17, 15) is 5.11 Å². The Morgan fingerprint density at radius 1 is 1.00 bits per heavy atom. The quantitative estimate of drug-likeness (QED) is 0.830. The maximum absolute atomic E-state index is 9.80. The van der Waals surface area contributed by atoms with E-state index in [0.717, 1.165) is 16.9 Å². The van der Waals surface area contributed by atoms with Crippen LogP contribution in [0.5, 0.6) is 11.5 Å². The minimum absolute atomic E-state index is 0.268. The molecule has 0 atom stereocenters. The largest absolute Gasteiger partial charge is 0.507 e. The molecule has 0 aliphatic heterocycles. The summed E-state index contributed by atoms with van der Waals surface area (Å²) < 4.78 is 5.14. The van der Waals surface area contributed by atoms with E-state index in [1.54, 1.807) is 19.2 Å². The Labute approximate surface area is 95.1 Å². The van der Waals surface area contributed by atoms with Crippen molar-refractivity contribution in [2.45, 2.75) is 6.92 Å². The van der Waals surface area contributed by atoms with E-state index in [-0.39, 0.29) is 5.75 Å². The molecule has 2 aromatic rings. The second-order valence-electron chi connectivity index (χ2n) is 3.75. The molecule has 1 N–H and O–H groups in total. The van der Waals surface area contributed by atoms with E-state index in [4.69, 9.17) is 4.74 Å². The summed E-state index contributed by atoms with van der Waals surface area (Å²) in [4.78, 5) is 0. The van der Waals surface area contributed by atoms with Crippen molar-refractivity contribution in [3.05, 3.63) is 48.0 Å². The third-order valence-electron chi connectivity index (χ3n) is 2.57. The number of hydrogen-bond acceptors (Lipinski definition) is 2. The average Bonchev–Trinajstić information content (AvgIpc) is 2.31. The monoisotopic (exact) mass is 214 g/mol. The van der Waals surface area contributed by atoms with Crippen LogP contribution in [0.2, 0.25) is 0 Å². The maximum atomic E-state index is 9.80. The Kier molecular flexibility index (Phi) is 2.82. The molecule has 0 aliphatic rings. The fourth-order valence-corrected chi connectivity index (χ4v) is 1.61. The smallest absolute Gasteiger partial charge is 0.123 e. The number of ether oxygens (including phenoxy) is 1. The van der Waals surface area contributed by atoms with Crippen LogP contribution in [0.3, 0.4) is 0 Å². The van der Waals surface area contributed by atoms with Crippen LogP contribution >= 0.6 is 0 Å². The van der Waals surface area contributed by atoms with Crippen molar-refractivity contribution in [2.75, 3.05) is 7.11 Å². The summed E-state index contributed by atoms with van der Waals surface area (Å²) >= 11 is 0. The number of phenols is 1. The van der Waals surface area contributed by atoms with Gasteiger partial charge in [-0.15, -0.1) is 0 Å². The topological polar surface area (TPSA) is 29.5 Å². The highest BCUT2D eigenvalue weighted by molar-refractivity contribution is 5.71. The van der Waals surface area contributed by atoms with Crippen LogP contribution in [0.25, 0.3) is 11.1 Å². The van der Waals surface area contributed by atoms with Gasteiger partial charge in [0.1, 0.15) is 11.5 Å². The zero-order valence-corrected chi connectivity index (χ0v) is 9.40. The normalized spacial score (nSPS) is 10.1. The van der Waals surface area contributed by atoms with Gasteiger partial charge in [0.05, 0.1) is 7.11 Å². The molecule has 0 saturated carbocycles. The summed E-state index contributed by atoms with van der Waals surface area (Å²) in [7, 11) is 1.62. The second-order valence-corrected chi connectivity index (χ2v) is 3.75. The van der Waals surface area contributed by atoms with E-state index < -0.39 is 0 Å². The first kappa shape index (κ1) is 10.6. The summed E-state index contributed by atoms with van der Waals surface area (Å²) in [6.45, 7) is 2.04. The van der Waals surface area contributed by atoms with Gasteiger partial charge in [0.2, 0.25) is 0 Å². The Balaban J connectivity index is 2.50. The van der Waals surface area contributed by atoms with Crippen molar-refractivity contribution in [2.24, 2.45) is 0 Å². The Hall–Kier alpha value is -1.96. The van der Waals surface area contributed by atoms with Crippen LogP contribution in [0.4, 0.5) is 0 Å². The van der Waals surface area contributed by atoms with Crippen molar-refractivity contribution in [3.63, 3.8) is 0 Å². The molecule has 0 radical (unpaired) electrons. The fraction of sp³-hybridized carbons (Fsp3) is 0.143. The van der Waals surface area contributed by atoms with Crippen molar-refractivity contribution >= 4 is 0 Å². The first-order chi connectivity index (χ1) is 7.70. The van der Waals surface area contributed by atoms with Gasteiger partial charge >= 0.3 is 0 Å². The number of phenolic OH excluding ortho intramolecular Hbond substituents is 1. The van der Waals surface area contributed by atoms with Gasteiger partial charge in [-0.3, -0.25) is 0 Å². The van der Waals surface area contributed by atoms with Crippen molar-refractivity contribution < 1.29 is 9.84 Å². The second kappa shape index (κ2) is 4.27. The van der Waals surface area contributed by atoms with E-state index >= 15 is 0 Å². The zero-order chi connectivity index (χ0) is 11.5. The molecule has 2 rings (SSSR count). The van der Waals surface area contributed by atoms with Crippen molar-refractivity contribution in [1.29, 1.82) is 0 Å². The lowest BCUT2D eigenvalue weighted by Crippen LogP contribution is -1.85. The van der Waals surface area contributed by atoms with Crippen LogP contribution in [-0.4, -0.2) is 12.2 Å². The van der Waals surface area contributed by atoms with Crippen molar-refractivity contribution in [1.82, 2.24) is 0 Å². The Morgan fingerprint density at radius 2 is 1.69 bits per heavy atom. The van der Waals surface area contributed by atoms with Crippen LogP contribution in [0.1, 0.15) is 5.56 Å². The maximum Gasteiger partial charge on any atom is 0.123 e. The Bertz CT molecular complexity index is 487. The number of aromatic hydroxyl groups is 1. The van der Waals surface area contributed by atoms with E-state index in [0.29, 0.717) is 0 Å². The molecule has 2 nitrogen and oxygen atoms in total. The molecule has 82 valence electrons. The number of hydrogen-bond donors (Lipinski definition) is 1. The molecule has 16 heavy (non-hydrogen) atoms. The van der Waals surface area contributed by atoms with Gasteiger partial charge in [0, 0.05) is 5.56 Å². The molecular formula is C14H14O2. The average molecular weight is 214 g/mol. The van der Waals surface area contributed by atoms with Gasteiger partial charge in [-0.1, -0.05) is 29.8 Å². The first-order valence-electron chi connectivity index (χ1n) is 5.15. The SMILES string of the molecule is COc1ccc(O)c(-c2ccc(C)cc2)c1. The van der Waals surface area contributed by atoms with Crippen LogP contribution < -0.4 is 4.74 Å². The van der Waals surface area contributed by atoms with Gasteiger partial charge in [0.25, 0.3) is 0 Å². The standard InChI is InChI=1S/C14H14O2/c1-10-3-5-11(6-4-10)13-9-12(16-2)7-8-14(13)15/h3-9,15H,1-2H3. The lowest BCUT2D eigenvalue weighted by atomic mass is 10.0. The van der Waals surface area contributed by atoms with Gasteiger partial charge < -0.3 is 9.84 Å². The molecule has 0 spiro atoms. The highest BCUT2D eigenvalue weighted by atomic mass is 16.5. The molecule has 0 fully saturated rings. The first-order valence-corrected chi connectivity index (χ1v) is 5.15. The molecule has 0 heterocycles. The lowest BCUT2D eigenvalue weighted by Gasteiger charge is -2.07. The van der Waals surface area contributed by atoms with E-state index in [1.165, 1.54) is 5.56 Å². The predicted octanol–water partition coefficient (Wildman–Crippen LogP) is 3.38. The molecule has 2 heteroatoms. The van der Waals surface area contributed by atoms with Gasteiger partial charge in [-0.25, -0.2) is 0 Å². The molecule has 0 amide bonds. The summed E-state index contributed by atoms with van der Waals surface area (Å²) in [5.41, 5.74) is 2.98.